The molecule has 0 fully saturated rings. The first-order chi connectivity index (χ1) is 16.4. The zero-order chi connectivity index (χ0) is 24.2. The number of benzene rings is 2. The molecule has 1 aromatic heterocycles. The van der Waals surface area contributed by atoms with Crippen molar-refractivity contribution in [2.45, 2.75) is 26.2 Å². The number of hydrazone groups is 1. The Kier molecular flexibility index (Phi) is 6.39. The number of anilines is 1. The third-order valence-electron chi connectivity index (χ3n) is 5.50. The normalized spacial score (nSPS) is 13.8. The summed E-state index contributed by atoms with van der Waals surface area (Å²) in [7, 11) is 1.52. The van der Waals surface area contributed by atoms with Crippen LogP contribution in [0, 0.1) is 17.0 Å². The van der Waals surface area contributed by atoms with E-state index in [0.717, 1.165) is 6.42 Å². The maximum atomic E-state index is 12.9. The molecule has 0 spiro atoms. The van der Waals surface area contributed by atoms with Gasteiger partial charge in [-0.1, -0.05) is 18.2 Å². The molecule has 0 bridgehead atoms. The van der Waals surface area contributed by atoms with Gasteiger partial charge in [0.05, 0.1) is 23.4 Å². The van der Waals surface area contributed by atoms with Crippen LogP contribution in [0.2, 0.25) is 0 Å². The van der Waals surface area contributed by atoms with Gasteiger partial charge >= 0.3 is 0 Å². The monoisotopic (exact) mass is 462 g/mol. The molecule has 0 radical (unpaired) electrons. The minimum Gasteiger partial charge on any atom is -0.495 e. The largest absolute Gasteiger partial charge is 0.495 e. The molecule has 0 atom stereocenters. The lowest BCUT2D eigenvalue weighted by Crippen LogP contribution is -2.22. The average Bonchev–Trinajstić information content (AvgIpc) is 3.20. The zero-order valence-electron chi connectivity index (χ0n) is 18.6. The highest BCUT2D eigenvalue weighted by Crippen LogP contribution is 2.31. The first kappa shape index (κ1) is 22.7. The van der Waals surface area contributed by atoms with Gasteiger partial charge in [-0.05, 0) is 38.0 Å². The highest BCUT2D eigenvalue weighted by atomic mass is 16.6. The van der Waals surface area contributed by atoms with Gasteiger partial charge < -0.3 is 14.5 Å². The second-order valence-electron chi connectivity index (χ2n) is 7.67. The Morgan fingerprint density at radius 2 is 1.91 bits per heavy atom. The van der Waals surface area contributed by atoms with Crippen LogP contribution in [0.4, 0.5) is 11.4 Å². The number of nitrogens with one attached hydrogen (secondary N) is 2. The van der Waals surface area contributed by atoms with Gasteiger partial charge in [0.2, 0.25) is 0 Å². The first-order valence-electron chi connectivity index (χ1n) is 10.6. The molecule has 1 heterocycles. The number of hydrogen-bond acceptors (Lipinski definition) is 7. The Hall–Kier alpha value is -4.47. The van der Waals surface area contributed by atoms with Crippen LogP contribution in [0.1, 0.15) is 50.6 Å². The molecule has 3 aromatic rings. The van der Waals surface area contributed by atoms with E-state index in [1.54, 1.807) is 31.2 Å². The van der Waals surface area contributed by atoms with Gasteiger partial charge in [-0.15, -0.1) is 0 Å². The molecule has 1 aliphatic rings. The molecule has 34 heavy (non-hydrogen) atoms. The quantitative estimate of drug-likeness (QED) is 0.416. The highest BCUT2D eigenvalue weighted by molar-refractivity contribution is 6.10. The van der Waals surface area contributed by atoms with Crippen molar-refractivity contribution in [3.05, 3.63) is 86.9 Å². The van der Waals surface area contributed by atoms with Crippen LogP contribution in [-0.2, 0) is 6.42 Å². The average molecular weight is 462 g/mol. The maximum Gasteiger partial charge on any atom is 0.291 e. The molecule has 0 unspecified atom stereocenters. The van der Waals surface area contributed by atoms with Gasteiger partial charge in [-0.25, -0.2) is 5.43 Å². The van der Waals surface area contributed by atoms with E-state index in [-0.39, 0.29) is 17.0 Å². The molecule has 10 heteroatoms. The van der Waals surface area contributed by atoms with E-state index in [2.05, 4.69) is 15.8 Å². The summed E-state index contributed by atoms with van der Waals surface area (Å²) in [5, 5.41) is 18.0. The Balaban J connectivity index is 1.57. The number of carbonyl (C=O) groups excluding carboxylic acids is 2. The fraction of sp³-hybridized carbons (Fsp3) is 0.208. The molecule has 1 aliphatic carbocycles. The van der Waals surface area contributed by atoms with Crippen molar-refractivity contribution in [3.8, 4) is 5.75 Å². The summed E-state index contributed by atoms with van der Waals surface area (Å²) in [6, 6.07) is 12.5. The van der Waals surface area contributed by atoms with E-state index in [4.69, 9.17) is 9.15 Å². The highest BCUT2D eigenvalue weighted by Gasteiger charge is 2.28. The molecule has 0 saturated carbocycles. The number of aryl methyl sites for hydroxylation is 1. The molecule has 2 aromatic carbocycles. The van der Waals surface area contributed by atoms with Gasteiger partial charge in [0.25, 0.3) is 17.5 Å². The van der Waals surface area contributed by atoms with E-state index < -0.39 is 16.7 Å². The van der Waals surface area contributed by atoms with Gasteiger partial charge in [-0.3, -0.25) is 19.7 Å². The Labute approximate surface area is 194 Å². The number of methoxy groups -OCH3 is 1. The number of ether oxygens (including phenoxy) is 1. The number of furan rings is 1. The van der Waals surface area contributed by atoms with Crippen LogP contribution in [-0.4, -0.2) is 29.6 Å². The van der Waals surface area contributed by atoms with E-state index in [1.807, 2.05) is 0 Å². The Morgan fingerprint density at radius 1 is 1.12 bits per heavy atom. The smallest absolute Gasteiger partial charge is 0.291 e. The van der Waals surface area contributed by atoms with Crippen molar-refractivity contribution < 1.29 is 23.7 Å². The van der Waals surface area contributed by atoms with Crippen LogP contribution >= 0.6 is 0 Å². The van der Waals surface area contributed by atoms with Crippen molar-refractivity contribution in [1.82, 2.24) is 5.43 Å². The molecular weight excluding hydrogens is 440 g/mol. The standard InChI is InChI=1S/C24H22N4O6/c1-14-21-18(26-27-23(29)15-7-5-8-16(13-15)28(31)32)10-6-12-20(21)34-22(14)24(30)25-17-9-3-4-11-19(17)33-2/h3-5,7-9,11,13H,6,10,12H2,1-2H3,(H,25,30)(H,27,29)/b26-18+. The number of nitrogens with zero attached hydrogens (tertiary/aromatic N) is 2. The predicted molar refractivity (Wildman–Crippen MR) is 124 cm³/mol. The summed E-state index contributed by atoms with van der Waals surface area (Å²) < 4.78 is 11.2. The second kappa shape index (κ2) is 9.57. The van der Waals surface area contributed by atoms with Crippen LogP contribution in [0.15, 0.2) is 58.0 Å². The maximum absolute atomic E-state index is 12.9. The number of amides is 2. The summed E-state index contributed by atoms with van der Waals surface area (Å²) in [6.07, 6.45) is 1.95. The van der Waals surface area contributed by atoms with Crippen molar-refractivity contribution in [2.24, 2.45) is 5.10 Å². The Morgan fingerprint density at radius 3 is 2.68 bits per heavy atom. The fourth-order valence-electron chi connectivity index (χ4n) is 3.87. The summed E-state index contributed by atoms with van der Waals surface area (Å²) in [5.74, 6) is 0.318. The first-order valence-corrected chi connectivity index (χ1v) is 10.6. The number of hydrogen-bond donors (Lipinski definition) is 2. The van der Waals surface area contributed by atoms with Crippen LogP contribution in [0.25, 0.3) is 0 Å². The molecule has 0 aliphatic heterocycles. The van der Waals surface area contributed by atoms with Gasteiger partial charge in [-0.2, -0.15) is 5.10 Å². The fourth-order valence-corrected chi connectivity index (χ4v) is 3.87. The SMILES string of the molecule is COc1ccccc1NC(=O)c1oc2c(c1C)/C(=N/NC(=O)c1cccc([N+](=O)[O-])c1)CCC2. The number of para-hydroxylation sites is 2. The minimum absolute atomic E-state index is 0.121. The van der Waals surface area contributed by atoms with E-state index in [0.29, 0.717) is 46.9 Å². The molecule has 174 valence electrons. The molecule has 10 nitrogen and oxygen atoms in total. The van der Waals surface area contributed by atoms with Gasteiger partial charge in [0, 0.05) is 35.2 Å². The third-order valence-corrected chi connectivity index (χ3v) is 5.50. The second-order valence-corrected chi connectivity index (χ2v) is 7.67. The molecular formula is C24H22N4O6. The number of carbonyl (C=O) groups is 2. The van der Waals surface area contributed by atoms with Gasteiger partial charge in [0.15, 0.2) is 5.76 Å². The number of nitro groups is 1. The van der Waals surface area contributed by atoms with Crippen molar-refractivity contribution in [3.63, 3.8) is 0 Å². The lowest BCUT2D eigenvalue weighted by molar-refractivity contribution is -0.384. The van der Waals surface area contributed by atoms with Crippen LogP contribution in [0.5, 0.6) is 5.75 Å². The van der Waals surface area contributed by atoms with Crippen LogP contribution in [0.3, 0.4) is 0 Å². The molecule has 0 saturated heterocycles. The third kappa shape index (κ3) is 4.51. The van der Waals surface area contributed by atoms with Crippen LogP contribution < -0.4 is 15.5 Å². The minimum atomic E-state index is -0.571. The van der Waals surface area contributed by atoms with E-state index in [1.165, 1.54) is 31.4 Å². The molecule has 4 rings (SSSR count). The molecule has 2 N–H and O–H groups in total. The zero-order valence-corrected chi connectivity index (χ0v) is 18.6. The lowest BCUT2D eigenvalue weighted by atomic mass is 9.93. The lowest BCUT2D eigenvalue weighted by Gasteiger charge is -2.13. The van der Waals surface area contributed by atoms with E-state index in [9.17, 15) is 19.7 Å². The summed E-state index contributed by atoms with van der Waals surface area (Å²) in [5.41, 5.74) is 4.80. The topological polar surface area (TPSA) is 136 Å². The summed E-state index contributed by atoms with van der Waals surface area (Å²) in [6.45, 7) is 1.77. The van der Waals surface area contributed by atoms with E-state index >= 15 is 0 Å². The number of non-ortho nitro benzene ring substituents is 1. The number of fused-ring (bicyclic) bond motifs is 1. The van der Waals surface area contributed by atoms with Crippen molar-refractivity contribution >= 4 is 28.9 Å². The van der Waals surface area contributed by atoms with Crippen molar-refractivity contribution in [2.75, 3.05) is 12.4 Å². The number of rotatable bonds is 6. The van der Waals surface area contributed by atoms with Crippen molar-refractivity contribution in [1.29, 1.82) is 0 Å². The van der Waals surface area contributed by atoms with Gasteiger partial charge in [0.1, 0.15) is 11.5 Å². The summed E-state index contributed by atoms with van der Waals surface area (Å²) in [4.78, 5) is 35.8. The summed E-state index contributed by atoms with van der Waals surface area (Å²) >= 11 is 0. The Bertz CT molecular complexity index is 1310. The molecule has 2 amide bonds. The predicted octanol–water partition coefficient (Wildman–Crippen LogP) is 4.23. The number of nitro benzene ring substituents is 1.